The van der Waals surface area contributed by atoms with Crippen molar-refractivity contribution in [3.8, 4) is 0 Å². The van der Waals surface area contributed by atoms with E-state index in [-0.39, 0.29) is 10.6 Å². The van der Waals surface area contributed by atoms with E-state index >= 15 is 0 Å². The van der Waals surface area contributed by atoms with Gasteiger partial charge in [-0.05, 0) is 30.7 Å². The van der Waals surface area contributed by atoms with Crippen molar-refractivity contribution < 1.29 is 13.3 Å². The van der Waals surface area contributed by atoms with Crippen LogP contribution in [0.2, 0.25) is 10.0 Å². The highest BCUT2D eigenvalue weighted by atomic mass is 35.5. The maximum absolute atomic E-state index is 12.1. The van der Waals surface area contributed by atoms with Gasteiger partial charge in [-0.2, -0.15) is 13.5 Å². The molecule has 10 heteroatoms. The lowest BCUT2D eigenvalue weighted by atomic mass is 10.2. The van der Waals surface area contributed by atoms with E-state index in [4.69, 9.17) is 23.2 Å². The SMILES string of the molecule is Cc1ccc(S(=O)(=O)N/N=C/c2ccc(Cl)c(Cl)c2)cc1[N+](=O)[O-]. The van der Waals surface area contributed by atoms with Gasteiger partial charge in [0.15, 0.2) is 0 Å². The van der Waals surface area contributed by atoms with Crippen LogP contribution in [0.25, 0.3) is 0 Å². The van der Waals surface area contributed by atoms with Crippen LogP contribution in [0, 0.1) is 17.0 Å². The van der Waals surface area contributed by atoms with E-state index in [0.29, 0.717) is 21.2 Å². The third-order valence-corrected chi connectivity index (χ3v) is 4.98. The molecule has 0 radical (unpaired) electrons. The Balaban J connectivity index is 2.22. The summed E-state index contributed by atoms with van der Waals surface area (Å²) in [4.78, 5) is 12.0. The van der Waals surface area contributed by atoms with Gasteiger partial charge in [0, 0.05) is 11.6 Å². The van der Waals surface area contributed by atoms with Crippen molar-refractivity contribution >= 4 is 45.1 Å². The van der Waals surface area contributed by atoms with Gasteiger partial charge in [0.05, 0.1) is 26.1 Å². The lowest BCUT2D eigenvalue weighted by Crippen LogP contribution is -2.18. The summed E-state index contributed by atoms with van der Waals surface area (Å²) in [6, 6.07) is 8.26. The molecule has 7 nitrogen and oxygen atoms in total. The predicted molar refractivity (Wildman–Crippen MR) is 92.2 cm³/mol. The van der Waals surface area contributed by atoms with Gasteiger partial charge in [0.1, 0.15) is 0 Å². The van der Waals surface area contributed by atoms with Crippen LogP contribution in [-0.2, 0) is 10.0 Å². The Morgan fingerprint density at radius 3 is 2.50 bits per heavy atom. The molecule has 0 aromatic heterocycles. The van der Waals surface area contributed by atoms with E-state index in [1.54, 1.807) is 12.1 Å². The summed E-state index contributed by atoms with van der Waals surface area (Å²) in [5.74, 6) is 0. The van der Waals surface area contributed by atoms with Gasteiger partial charge in [-0.15, -0.1) is 0 Å². The van der Waals surface area contributed by atoms with Crippen molar-refractivity contribution in [2.45, 2.75) is 11.8 Å². The Bertz CT molecular complexity index is 930. The predicted octanol–water partition coefficient (Wildman–Crippen LogP) is 3.52. The maximum atomic E-state index is 12.1. The van der Waals surface area contributed by atoms with Gasteiger partial charge < -0.3 is 0 Å². The summed E-state index contributed by atoms with van der Waals surface area (Å²) in [6.07, 6.45) is 1.24. The Labute approximate surface area is 148 Å². The zero-order valence-corrected chi connectivity index (χ0v) is 14.6. The summed E-state index contributed by atoms with van der Waals surface area (Å²) >= 11 is 11.6. The summed E-state index contributed by atoms with van der Waals surface area (Å²) in [5.41, 5.74) is 0.603. The molecule has 0 atom stereocenters. The molecule has 2 aromatic carbocycles. The van der Waals surface area contributed by atoms with Gasteiger partial charge in [-0.25, -0.2) is 4.83 Å². The van der Waals surface area contributed by atoms with Crippen LogP contribution in [0.15, 0.2) is 46.4 Å². The molecule has 0 bridgehead atoms. The van der Waals surface area contributed by atoms with Crippen LogP contribution in [0.5, 0.6) is 0 Å². The number of hydrazone groups is 1. The third-order valence-electron chi connectivity index (χ3n) is 3.02. The first kappa shape index (κ1) is 18.2. The largest absolute Gasteiger partial charge is 0.276 e. The summed E-state index contributed by atoms with van der Waals surface area (Å²) in [5, 5.41) is 15.2. The topological polar surface area (TPSA) is 102 Å². The van der Waals surface area contributed by atoms with E-state index in [9.17, 15) is 18.5 Å². The summed E-state index contributed by atoms with van der Waals surface area (Å²) in [7, 11) is -4.03. The fourth-order valence-corrected chi connectivity index (χ4v) is 2.89. The fourth-order valence-electron chi connectivity index (χ4n) is 1.77. The number of nitro groups is 1. The minimum absolute atomic E-state index is 0.258. The van der Waals surface area contributed by atoms with Crippen LogP contribution >= 0.6 is 23.2 Å². The molecule has 0 aliphatic rings. The molecule has 24 heavy (non-hydrogen) atoms. The number of aryl methyl sites for hydroxylation is 1. The quantitative estimate of drug-likeness (QED) is 0.481. The number of hydrogen-bond acceptors (Lipinski definition) is 5. The normalized spacial score (nSPS) is 11.6. The summed E-state index contributed by atoms with van der Waals surface area (Å²) < 4.78 is 24.3. The van der Waals surface area contributed by atoms with Crippen molar-refractivity contribution in [1.82, 2.24) is 4.83 Å². The lowest BCUT2D eigenvalue weighted by Gasteiger charge is -2.04. The minimum atomic E-state index is -4.03. The Hall–Kier alpha value is -2.16. The number of nitro benzene ring substituents is 1. The maximum Gasteiger partial charge on any atom is 0.276 e. The summed E-state index contributed by atoms with van der Waals surface area (Å²) in [6.45, 7) is 1.52. The molecule has 0 amide bonds. The van der Waals surface area contributed by atoms with Crippen LogP contribution < -0.4 is 4.83 Å². The molecule has 126 valence electrons. The second kappa shape index (κ2) is 7.16. The van der Waals surface area contributed by atoms with Gasteiger partial charge >= 0.3 is 0 Å². The molecular formula is C14H11Cl2N3O4S. The molecule has 0 saturated heterocycles. The van der Waals surface area contributed by atoms with Gasteiger partial charge in [-0.1, -0.05) is 35.3 Å². The molecule has 0 aliphatic heterocycles. The van der Waals surface area contributed by atoms with Crippen LogP contribution in [0.4, 0.5) is 5.69 Å². The first-order valence-electron chi connectivity index (χ1n) is 6.45. The lowest BCUT2D eigenvalue weighted by molar-refractivity contribution is -0.385. The van der Waals surface area contributed by atoms with E-state index in [1.807, 2.05) is 4.83 Å². The average Bonchev–Trinajstić information content (AvgIpc) is 2.50. The van der Waals surface area contributed by atoms with Crippen molar-refractivity contribution in [2.24, 2.45) is 5.10 Å². The molecule has 0 spiro atoms. The second-order valence-corrected chi connectivity index (χ2v) is 7.21. The standard InChI is InChI=1S/C14H11Cl2N3O4S/c1-9-2-4-11(7-14(9)19(20)21)24(22,23)18-17-8-10-3-5-12(15)13(16)6-10/h2-8,18H,1H3/b17-8+. The number of hydrogen-bond donors (Lipinski definition) is 1. The fraction of sp³-hybridized carbons (Fsp3) is 0.0714. The van der Waals surface area contributed by atoms with Gasteiger partial charge in [-0.3, -0.25) is 10.1 Å². The van der Waals surface area contributed by atoms with E-state index in [0.717, 1.165) is 6.07 Å². The zero-order chi connectivity index (χ0) is 17.9. The van der Waals surface area contributed by atoms with Crippen LogP contribution in [0.3, 0.4) is 0 Å². The second-order valence-electron chi connectivity index (χ2n) is 4.73. The number of sulfonamides is 1. The molecule has 2 rings (SSSR count). The van der Waals surface area contributed by atoms with Crippen molar-refractivity contribution in [1.29, 1.82) is 0 Å². The van der Waals surface area contributed by atoms with Gasteiger partial charge in [0.2, 0.25) is 0 Å². The van der Waals surface area contributed by atoms with Crippen LogP contribution in [0.1, 0.15) is 11.1 Å². The third kappa shape index (κ3) is 4.22. The number of nitrogens with one attached hydrogen (secondary N) is 1. The molecule has 0 aliphatic carbocycles. The molecule has 0 fully saturated rings. The first-order chi connectivity index (χ1) is 11.2. The van der Waals surface area contributed by atoms with Gasteiger partial charge in [0.25, 0.3) is 15.7 Å². The zero-order valence-electron chi connectivity index (χ0n) is 12.2. The average molecular weight is 388 g/mol. The first-order valence-corrected chi connectivity index (χ1v) is 8.69. The highest BCUT2D eigenvalue weighted by Crippen LogP contribution is 2.23. The monoisotopic (exact) mass is 387 g/mol. The number of halogens is 2. The van der Waals surface area contributed by atoms with Crippen molar-refractivity contribution in [3.05, 3.63) is 67.7 Å². The number of benzene rings is 2. The smallest absolute Gasteiger partial charge is 0.258 e. The minimum Gasteiger partial charge on any atom is -0.258 e. The Kier molecular flexibility index (Phi) is 5.43. The van der Waals surface area contributed by atoms with Crippen LogP contribution in [-0.4, -0.2) is 19.6 Å². The number of nitrogens with zero attached hydrogens (tertiary/aromatic N) is 2. The van der Waals surface area contributed by atoms with E-state index in [1.165, 1.54) is 31.3 Å². The molecule has 0 saturated carbocycles. The van der Waals surface area contributed by atoms with E-state index < -0.39 is 14.9 Å². The Morgan fingerprint density at radius 2 is 1.88 bits per heavy atom. The molecule has 0 heterocycles. The molecule has 0 unspecified atom stereocenters. The van der Waals surface area contributed by atoms with Crippen molar-refractivity contribution in [2.75, 3.05) is 0 Å². The molecule has 2 aromatic rings. The van der Waals surface area contributed by atoms with Crippen molar-refractivity contribution in [3.63, 3.8) is 0 Å². The molecular weight excluding hydrogens is 377 g/mol. The number of rotatable bonds is 5. The highest BCUT2D eigenvalue weighted by molar-refractivity contribution is 7.89. The van der Waals surface area contributed by atoms with E-state index in [2.05, 4.69) is 5.10 Å². The molecule has 1 N–H and O–H groups in total. The Morgan fingerprint density at radius 1 is 1.17 bits per heavy atom. The highest BCUT2D eigenvalue weighted by Gasteiger charge is 2.19.